The first kappa shape index (κ1) is 23.9. The van der Waals surface area contributed by atoms with Crippen LogP contribution < -0.4 is 5.32 Å². The van der Waals surface area contributed by atoms with Gasteiger partial charge in [-0.15, -0.1) is 0 Å². The first-order chi connectivity index (χ1) is 17.1. The van der Waals surface area contributed by atoms with Crippen molar-refractivity contribution in [3.63, 3.8) is 0 Å². The zero-order chi connectivity index (χ0) is 24.1. The molecule has 0 radical (unpaired) electrons. The molecule has 2 aromatic rings. The van der Waals surface area contributed by atoms with Gasteiger partial charge in [-0.3, -0.25) is 14.6 Å². The van der Waals surface area contributed by atoms with Crippen LogP contribution in [0.25, 0.3) is 0 Å². The molecule has 4 heterocycles. The Morgan fingerprint density at radius 1 is 1.03 bits per heavy atom. The smallest absolute Gasteiger partial charge is 0.317 e. The molecule has 0 spiro atoms. The van der Waals surface area contributed by atoms with Gasteiger partial charge in [0.15, 0.2) is 6.10 Å². The van der Waals surface area contributed by atoms with Crippen LogP contribution in [0.4, 0.5) is 0 Å². The summed E-state index contributed by atoms with van der Waals surface area (Å²) in [5.41, 5.74) is 0.939. The first-order valence-electron chi connectivity index (χ1n) is 13.3. The van der Waals surface area contributed by atoms with E-state index in [2.05, 4.69) is 27.4 Å². The van der Waals surface area contributed by atoms with Crippen molar-refractivity contribution >= 4 is 11.9 Å². The second-order valence-electron chi connectivity index (χ2n) is 10.7. The normalized spacial score (nSPS) is 27.5. The molecule has 3 aliphatic heterocycles. The van der Waals surface area contributed by atoms with Crippen LogP contribution >= 0.6 is 0 Å². The predicted octanol–water partition coefficient (Wildman–Crippen LogP) is 3.65. The Hall–Kier alpha value is -2.80. The average Bonchev–Trinajstić information content (AvgIpc) is 3.17. The predicted molar refractivity (Wildman–Crippen MR) is 133 cm³/mol. The molecule has 3 saturated heterocycles. The number of amides is 1. The molecular weight excluding hydrogens is 440 g/mol. The van der Waals surface area contributed by atoms with Crippen molar-refractivity contribution in [2.75, 3.05) is 32.7 Å². The van der Waals surface area contributed by atoms with E-state index in [-0.39, 0.29) is 18.0 Å². The fourth-order valence-corrected chi connectivity index (χ4v) is 6.53. The molecule has 1 saturated carbocycles. The Morgan fingerprint density at radius 3 is 2.46 bits per heavy atom. The second kappa shape index (κ2) is 10.4. The van der Waals surface area contributed by atoms with Crippen LogP contribution in [0.2, 0.25) is 0 Å². The van der Waals surface area contributed by atoms with E-state index in [4.69, 9.17) is 4.74 Å². The first-order valence-corrected chi connectivity index (χ1v) is 13.3. The summed E-state index contributed by atoms with van der Waals surface area (Å²) < 4.78 is 7.35. The molecule has 1 aromatic heterocycles. The van der Waals surface area contributed by atoms with Crippen LogP contribution in [0.5, 0.6) is 0 Å². The molecule has 2 bridgehead atoms. The molecule has 1 amide bonds. The van der Waals surface area contributed by atoms with Crippen molar-refractivity contribution in [2.45, 2.75) is 62.9 Å². The molecule has 186 valence electrons. The number of piperidine rings is 3. The summed E-state index contributed by atoms with van der Waals surface area (Å²) >= 11 is 0. The topological polar surface area (TPSA) is 81.2 Å². The number of esters is 1. The zero-order valence-corrected chi connectivity index (χ0v) is 20.5. The van der Waals surface area contributed by atoms with Gasteiger partial charge in [0.1, 0.15) is 12.2 Å². The van der Waals surface area contributed by atoms with Crippen molar-refractivity contribution in [2.24, 2.45) is 5.92 Å². The molecule has 1 unspecified atom stereocenters. The number of hydrogen-bond acceptors (Lipinski definition) is 5. The summed E-state index contributed by atoms with van der Waals surface area (Å²) in [6.45, 7) is 4.45. The summed E-state index contributed by atoms with van der Waals surface area (Å²) in [7, 11) is 0. The van der Waals surface area contributed by atoms with Gasteiger partial charge in [0.25, 0.3) is 5.91 Å². The second-order valence-corrected chi connectivity index (χ2v) is 10.7. The summed E-state index contributed by atoms with van der Waals surface area (Å²) in [6, 6.07) is 10.3. The van der Waals surface area contributed by atoms with E-state index in [1.807, 2.05) is 18.2 Å². The highest BCUT2D eigenvalue weighted by atomic mass is 16.5. The van der Waals surface area contributed by atoms with Crippen LogP contribution in [0, 0.1) is 5.92 Å². The Balaban J connectivity index is 1.24. The summed E-state index contributed by atoms with van der Waals surface area (Å²) in [5, 5.41) is 3.00. The van der Waals surface area contributed by atoms with Gasteiger partial charge in [-0.25, -0.2) is 4.98 Å². The molecule has 1 aliphatic carbocycles. The highest BCUT2D eigenvalue weighted by Crippen LogP contribution is 2.42. The third-order valence-corrected chi connectivity index (χ3v) is 8.64. The van der Waals surface area contributed by atoms with E-state index in [9.17, 15) is 9.59 Å². The minimum absolute atomic E-state index is 0.0153. The third-order valence-electron chi connectivity index (χ3n) is 8.64. The van der Waals surface area contributed by atoms with Crippen LogP contribution in [0.1, 0.15) is 67.4 Å². The number of fused-ring (bicyclic) bond motifs is 3. The summed E-state index contributed by atoms with van der Waals surface area (Å²) in [5.74, 6) is 0.245. The maximum Gasteiger partial charge on any atom is 0.317 e. The lowest BCUT2D eigenvalue weighted by Gasteiger charge is -2.52. The molecule has 1 N–H and O–H groups in total. The fourth-order valence-electron chi connectivity index (χ4n) is 6.53. The largest absolute Gasteiger partial charge is 0.455 e. The Kier molecular flexibility index (Phi) is 7.14. The van der Waals surface area contributed by atoms with Gasteiger partial charge >= 0.3 is 5.97 Å². The Labute approximate surface area is 207 Å². The lowest BCUT2D eigenvalue weighted by molar-refractivity contribution is -0.945. The highest BCUT2D eigenvalue weighted by Gasteiger charge is 2.50. The minimum Gasteiger partial charge on any atom is -0.455 e. The van der Waals surface area contributed by atoms with E-state index < -0.39 is 5.41 Å². The maximum absolute atomic E-state index is 13.9. The van der Waals surface area contributed by atoms with E-state index in [0.717, 1.165) is 74.8 Å². The zero-order valence-electron chi connectivity index (χ0n) is 20.5. The lowest BCUT2D eigenvalue weighted by atomic mass is 9.74. The Morgan fingerprint density at radius 2 is 1.77 bits per heavy atom. The minimum atomic E-state index is -0.515. The van der Waals surface area contributed by atoms with Gasteiger partial charge in [0, 0.05) is 31.2 Å². The molecule has 1 aromatic carbocycles. The van der Waals surface area contributed by atoms with Gasteiger partial charge in [0.2, 0.25) is 0 Å². The van der Waals surface area contributed by atoms with E-state index in [1.54, 1.807) is 6.20 Å². The number of carbonyl (C=O) groups is 2. The SMILES string of the molecule is O=C(NCC[N+]12CCC(CC1)C(OC(=O)C1(c3ccccc3)CCCCCC1)C2)c1cnccn1. The van der Waals surface area contributed by atoms with Crippen molar-refractivity contribution in [3.8, 4) is 0 Å². The molecule has 4 fully saturated rings. The molecule has 7 nitrogen and oxygen atoms in total. The van der Waals surface area contributed by atoms with Crippen molar-refractivity contribution in [1.29, 1.82) is 0 Å². The summed E-state index contributed by atoms with van der Waals surface area (Å²) in [4.78, 5) is 34.3. The molecular formula is C28H37N4O3+. The third kappa shape index (κ3) is 5.10. The Bertz CT molecular complexity index is 997. The monoisotopic (exact) mass is 477 g/mol. The van der Waals surface area contributed by atoms with E-state index in [0.29, 0.717) is 18.2 Å². The van der Waals surface area contributed by atoms with Gasteiger partial charge < -0.3 is 14.5 Å². The lowest BCUT2D eigenvalue weighted by Crippen LogP contribution is -2.66. The van der Waals surface area contributed by atoms with E-state index in [1.165, 1.54) is 25.2 Å². The molecule has 6 rings (SSSR count). The van der Waals surface area contributed by atoms with Gasteiger partial charge in [-0.1, -0.05) is 56.0 Å². The number of aromatic nitrogens is 2. The fraction of sp³-hybridized carbons (Fsp3) is 0.571. The number of carbonyl (C=O) groups excluding carboxylic acids is 2. The van der Waals surface area contributed by atoms with Crippen LogP contribution in [0.3, 0.4) is 0 Å². The number of rotatable bonds is 7. The average molecular weight is 478 g/mol. The van der Waals surface area contributed by atoms with Crippen LogP contribution in [0.15, 0.2) is 48.9 Å². The number of ether oxygens (including phenoxy) is 1. The van der Waals surface area contributed by atoms with Gasteiger partial charge in [-0.2, -0.15) is 0 Å². The summed E-state index contributed by atoms with van der Waals surface area (Å²) in [6.07, 6.45) is 13.0. The molecule has 1 atom stereocenters. The van der Waals surface area contributed by atoms with E-state index >= 15 is 0 Å². The molecule has 7 heteroatoms. The number of nitrogens with zero attached hydrogens (tertiary/aromatic N) is 3. The maximum atomic E-state index is 13.9. The number of hydrogen-bond donors (Lipinski definition) is 1. The molecule has 4 aliphatic rings. The molecule has 35 heavy (non-hydrogen) atoms. The number of quaternary nitrogens is 1. The standard InChI is InChI=1S/C28H36N4O3/c33-26(24-20-29-14-15-30-24)31-16-19-32-17-10-22(11-18-32)25(21-32)35-27(34)28(12-6-1-2-7-13-28)23-8-4-3-5-9-23/h3-5,8-9,14-15,20,22,25H,1-2,6-7,10-13,16-19,21H2/p+1. The van der Waals surface area contributed by atoms with Gasteiger partial charge in [-0.05, 0) is 18.4 Å². The number of benzene rings is 1. The van der Waals surface area contributed by atoms with Crippen LogP contribution in [-0.2, 0) is 14.9 Å². The quantitative estimate of drug-likeness (QED) is 0.374. The van der Waals surface area contributed by atoms with Crippen molar-refractivity contribution in [1.82, 2.24) is 15.3 Å². The highest BCUT2D eigenvalue weighted by molar-refractivity contribution is 5.91. The van der Waals surface area contributed by atoms with Crippen molar-refractivity contribution in [3.05, 3.63) is 60.2 Å². The van der Waals surface area contributed by atoms with Crippen LogP contribution in [-0.4, -0.2) is 65.2 Å². The van der Waals surface area contributed by atoms with Gasteiger partial charge in [0.05, 0.1) is 37.8 Å². The van der Waals surface area contributed by atoms with Crippen molar-refractivity contribution < 1.29 is 18.8 Å². The number of nitrogens with one attached hydrogen (secondary N) is 1.